The number of hydrogen-bond acceptors (Lipinski definition) is 5. The standard InChI is InChI=1S/C17H27NO4/c1-17(2,3)22-15(19)11-14-10-13(8-9-18)20-16(21-14)12-6-4-5-7-12/h12-14,16H,4-8,10-11H2,1-3H3/t13-,14-,16?/m1/s1. The predicted molar refractivity (Wildman–Crippen MR) is 80.8 cm³/mol. The Balaban J connectivity index is 1.93. The second-order valence-corrected chi connectivity index (χ2v) is 7.32. The second kappa shape index (κ2) is 7.43. The number of carbonyl (C=O) groups is 1. The number of nitrogens with zero attached hydrogens (tertiary/aromatic N) is 1. The second-order valence-electron chi connectivity index (χ2n) is 7.32. The van der Waals surface area contributed by atoms with E-state index in [2.05, 4.69) is 6.07 Å². The van der Waals surface area contributed by atoms with Gasteiger partial charge in [-0.25, -0.2) is 0 Å². The lowest BCUT2D eigenvalue weighted by Crippen LogP contribution is -2.42. The summed E-state index contributed by atoms with van der Waals surface area (Å²) in [4.78, 5) is 12.0. The largest absolute Gasteiger partial charge is 0.460 e. The minimum atomic E-state index is -0.487. The van der Waals surface area contributed by atoms with Gasteiger partial charge in [-0.3, -0.25) is 4.79 Å². The Morgan fingerprint density at radius 1 is 1.23 bits per heavy atom. The molecule has 1 heterocycles. The molecule has 0 N–H and O–H groups in total. The Morgan fingerprint density at radius 2 is 1.86 bits per heavy atom. The molecule has 22 heavy (non-hydrogen) atoms. The molecule has 1 saturated carbocycles. The molecule has 1 aliphatic heterocycles. The lowest BCUT2D eigenvalue weighted by atomic mass is 10.0. The van der Waals surface area contributed by atoms with E-state index in [-0.39, 0.29) is 30.9 Å². The minimum Gasteiger partial charge on any atom is -0.460 e. The van der Waals surface area contributed by atoms with Crippen LogP contribution in [0.4, 0.5) is 0 Å². The van der Waals surface area contributed by atoms with Gasteiger partial charge in [0, 0.05) is 12.3 Å². The molecular weight excluding hydrogens is 282 g/mol. The van der Waals surface area contributed by atoms with E-state index in [9.17, 15) is 4.79 Å². The summed E-state index contributed by atoms with van der Waals surface area (Å²) in [6.07, 6.45) is 5.12. The third-order valence-corrected chi connectivity index (χ3v) is 4.10. The monoisotopic (exact) mass is 309 g/mol. The lowest BCUT2D eigenvalue weighted by Gasteiger charge is -2.37. The van der Waals surface area contributed by atoms with Crippen LogP contribution in [0.15, 0.2) is 0 Å². The van der Waals surface area contributed by atoms with E-state index in [1.165, 1.54) is 12.8 Å². The van der Waals surface area contributed by atoms with Gasteiger partial charge in [0.15, 0.2) is 6.29 Å². The summed E-state index contributed by atoms with van der Waals surface area (Å²) < 4.78 is 17.3. The molecule has 5 nitrogen and oxygen atoms in total. The van der Waals surface area contributed by atoms with Crippen LogP contribution in [0.3, 0.4) is 0 Å². The van der Waals surface area contributed by atoms with Crippen molar-refractivity contribution in [3.05, 3.63) is 0 Å². The molecule has 2 fully saturated rings. The van der Waals surface area contributed by atoms with Gasteiger partial charge in [0.2, 0.25) is 0 Å². The minimum absolute atomic E-state index is 0.142. The third kappa shape index (κ3) is 5.26. The fourth-order valence-corrected chi connectivity index (χ4v) is 3.20. The Morgan fingerprint density at radius 3 is 2.45 bits per heavy atom. The van der Waals surface area contributed by atoms with E-state index >= 15 is 0 Å². The molecule has 124 valence electrons. The van der Waals surface area contributed by atoms with E-state index in [1.54, 1.807) is 0 Å². The quantitative estimate of drug-likeness (QED) is 0.745. The summed E-state index contributed by atoms with van der Waals surface area (Å²) >= 11 is 0. The summed E-state index contributed by atoms with van der Waals surface area (Å²) in [6, 6.07) is 2.16. The Hall–Kier alpha value is -1.12. The van der Waals surface area contributed by atoms with Gasteiger partial charge < -0.3 is 14.2 Å². The summed E-state index contributed by atoms with van der Waals surface area (Å²) in [5.74, 6) is 0.142. The van der Waals surface area contributed by atoms with Crippen molar-refractivity contribution in [2.24, 2.45) is 5.92 Å². The fourth-order valence-electron chi connectivity index (χ4n) is 3.20. The number of nitriles is 1. The molecule has 1 aliphatic carbocycles. The molecule has 1 saturated heterocycles. The molecule has 1 unspecified atom stereocenters. The average molecular weight is 309 g/mol. The van der Waals surface area contributed by atoms with E-state index in [0.717, 1.165) is 12.8 Å². The molecule has 0 bridgehead atoms. The van der Waals surface area contributed by atoms with Crippen LogP contribution in [0.25, 0.3) is 0 Å². The van der Waals surface area contributed by atoms with Crippen molar-refractivity contribution in [1.29, 1.82) is 5.26 Å². The van der Waals surface area contributed by atoms with Gasteiger partial charge in [0.25, 0.3) is 0 Å². The van der Waals surface area contributed by atoms with Gasteiger partial charge in [-0.2, -0.15) is 5.26 Å². The molecule has 0 spiro atoms. The van der Waals surface area contributed by atoms with Gasteiger partial charge in [0.1, 0.15) is 5.60 Å². The van der Waals surface area contributed by atoms with Crippen molar-refractivity contribution >= 4 is 5.97 Å². The molecule has 0 aromatic heterocycles. The maximum Gasteiger partial charge on any atom is 0.308 e. The molecule has 2 rings (SSSR count). The molecule has 3 atom stereocenters. The first-order valence-electron chi connectivity index (χ1n) is 8.27. The van der Waals surface area contributed by atoms with Gasteiger partial charge in [-0.1, -0.05) is 12.8 Å². The van der Waals surface area contributed by atoms with Crippen LogP contribution in [0.1, 0.15) is 65.7 Å². The summed E-state index contributed by atoms with van der Waals surface area (Å²) in [7, 11) is 0. The van der Waals surface area contributed by atoms with Crippen molar-refractivity contribution in [1.82, 2.24) is 0 Å². The molecule has 0 aromatic rings. The molecular formula is C17H27NO4. The van der Waals surface area contributed by atoms with Gasteiger partial charge in [0.05, 0.1) is 31.1 Å². The van der Waals surface area contributed by atoms with Crippen molar-refractivity contribution in [2.75, 3.05) is 0 Å². The number of rotatable bonds is 4. The van der Waals surface area contributed by atoms with Crippen molar-refractivity contribution in [3.63, 3.8) is 0 Å². The zero-order valence-corrected chi connectivity index (χ0v) is 13.8. The topological polar surface area (TPSA) is 68.6 Å². The van der Waals surface area contributed by atoms with E-state index < -0.39 is 5.60 Å². The van der Waals surface area contributed by atoms with Gasteiger partial charge in [-0.15, -0.1) is 0 Å². The average Bonchev–Trinajstić information content (AvgIpc) is 2.90. The fraction of sp³-hybridized carbons (Fsp3) is 0.882. The maximum absolute atomic E-state index is 12.0. The highest BCUT2D eigenvalue weighted by Gasteiger charge is 2.37. The highest BCUT2D eigenvalue weighted by atomic mass is 16.7. The smallest absolute Gasteiger partial charge is 0.308 e. The number of ether oxygens (including phenoxy) is 3. The van der Waals surface area contributed by atoms with Crippen molar-refractivity contribution < 1.29 is 19.0 Å². The highest BCUT2D eigenvalue weighted by Crippen LogP contribution is 2.35. The maximum atomic E-state index is 12.0. The first kappa shape index (κ1) is 17.2. The van der Waals surface area contributed by atoms with Crippen molar-refractivity contribution in [3.8, 4) is 6.07 Å². The Kier molecular flexibility index (Phi) is 5.82. The summed E-state index contributed by atoms with van der Waals surface area (Å²) in [5.41, 5.74) is -0.487. The predicted octanol–water partition coefficient (Wildman–Crippen LogP) is 3.32. The van der Waals surface area contributed by atoms with E-state index in [1.807, 2.05) is 20.8 Å². The van der Waals surface area contributed by atoms with E-state index in [4.69, 9.17) is 19.5 Å². The van der Waals surface area contributed by atoms with E-state index in [0.29, 0.717) is 18.8 Å². The van der Waals surface area contributed by atoms with Crippen LogP contribution in [0, 0.1) is 17.2 Å². The van der Waals surface area contributed by atoms with Crippen LogP contribution < -0.4 is 0 Å². The van der Waals surface area contributed by atoms with Crippen LogP contribution in [-0.4, -0.2) is 30.1 Å². The summed E-state index contributed by atoms with van der Waals surface area (Å²) in [5, 5.41) is 8.93. The first-order chi connectivity index (χ1) is 10.4. The molecule has 5 heteroatoms. The Bertz CT molecular complexity index is 417. The first-order valence-corrected chi connectivity index (χ1v) is 8.27. The zero-order chi connectivity index (χ0) is 16.2. The molecule has 0 radical (unpaired) electrons. The molecule has 0 amide bonds. The number of hydrogen-bond donors (Lipinski definition) is 0. The van der Waals surface area contributed by atoms with Gasteiger partial charge >= 0.3 is 5.97 Å². The molecule has 0 aromatic carbocycles. The van der Waals surface area contributed by atoms with Crippen molar-refractivity contribution in [2.45, 2.75) is 89.8 Å². The van der Waals surface area contributed by atoms with Crippen LogP contribution in [0.2, 0.25) is 0 Å². The number of esters is 1. The SMILES string of the molecule is CC(C)(C)OC(=O)C[C@H]1C[C@@H](CC#N)OC(C2CCCC2)O1. The highest BCUT2D eigenvalue weighted by molar-refractivity contribution is 5.70. The Labute approximate surface area is 132 Å². The van der Waals surface area contributed by atoms with Crippen LogP contribution in [-0.2, 0) is 19.0 Å². The van der Waals surface area contributed by atoms with Crippen LogP contribution in [0.5, 0.6) is 0 Å². The van der Waals surface area contributed by atoms with Gasteiger partial charge in [-0.05, 0) is 33.6 Å². The number of carbonyl (C=O) groups excluding carboxylic acids is 1. The normalized spacial score (nSPS) is 30.0. The summed E-state index contributed by atoms with van der Waals surface area (Å²) in [6.45, 7) is 5.57. The lowest BCUT2D eigenvalue weighted by molar-refractivity contribution is -0.262. The third-order valence-electron chi connectivity index (χ3n) is 4.10. The zero-order valence-electron chi connectivity index (χ0n) is 13.8. The molecule has 2 aliphatic rings. The van der Waals surface area contributed by atoms with Crippen LogP contribution >= 0.6 is 0 Å².